The summed E-state index contributed by atoms with van der Waals surface area (Å²) in [7, 11) is 2.10. The maximum Gasteiger partial charge on any atom is 0.230 e. The van der Waals surface area contributed by atoms with Crippen LogP contribution in [0.25, 0.3) is 4.96 Å². The number of aromatic hydroxyl groups is 1. The van der Waals surface area contributed by atoms with Gasteiger partial charge < -0.3 is 5.11 Å². The van der Waals surface area contributed by atoms with Gasteiger partial charge in [-0.25, -0.2) is 4.98 Å². The van der Waals surface area contributed by atoms with Crippen molar-refractivity contribution in [2.24, 2.45) is 0 Å². The maximum atomic E-state index is 10.5. The molecule has 0 fully saturated rings. The fraction of sp³-hybridized carbons (Fsp3) is 0.375. The van der Waals surface area contributed by atoms with Crippen molar-refractivity contribution in [3.05, 3.63) is 47.1 Å². The lowest BCUT2D eigenvalue weighted by Crippen LogP contribution is -2.26. The second-order valence-corrected chi connectivity index (χ2v) is 6.40. The predicted molar refractivity (Wildman–Crippen MR) is 88.4 cm³/mol. The molecule has 2 aromatic heterocycles. The summed E-state index contributed by atoms with van der Waals surface area (Å²) in [5, 5.41) is 14.6. The van der Waals surface area contributed by atoms with E-state index in [0.717, 1.165) is 29.2 Å². The minimum absolute atomic E-state index is 0.0150. The Hall–Kier alpha value is -1.92. The van der Waals surface area contributed by atoms with E-state index in [2.05, 4.69) is 41.1 Å². The minimum Gasteiger partial charge on any atom is -0.492 e. The van der Waals surface area contributed by atoms with Gasteiger partial charge in [0.2, 0.25) is 10.8 Å². The molecule has 6 heteroatoms. The van der Waals surface area contributed by atoms with Crippen LogP contribution in [0, 0.1) is 0 Å². The van der Waals surface area contributed by atoms with Crippen molar-refractivity contribution in [3.63, 3.8) is 0 Å². The number of aromatic nitrogens is 3. The molecule has 0 radical (unpaired) electrons. The number of fused-ring (bicyclic) bond motifs is 1. The number of thiazole rings is 1. The standard InChI is InChI=1S/C16H20N4OS/c1-3-4-10-19(2)13(12-8-6-5-7-9-12)14-15(21)20-16(22-14)17-11-18-20/h5-9,11,13,21H,3-4,10H2,1-2H3. The van der Waals surface area contributed by atoms with Crippen LogP contribution in [-0.2, 0) is 0 Å². The number of rotatable bonds is 6. The third-order valence-corrected chi connectivity index (χ3v) is 4.89. The summed E-state index contributed by atoms with van der Waals surface area (Å²) < 4.78 is 1.50. The largest absolute Gasteiger partial charge is 0.492 e. The number of nitrogens with zero attached hydrogens (tertiary/aromatic N) is 4. The first-order valence-corrected chi connectivity index (χ1v) is 8.30. The molecule has 1 aromatic carbocycles. The fourth-order valence-electron chi connectivity index (χ4n) is 2.65. The van der Waals surface area contributed by atoms with Crippen LogP contribution in [0.4, 0.5) is 0 Å². The molecule has 0 amide bonds. The Morgan fingerprint density at radius 2 is 2.09 bits per heavy atom. The van der Waals surface area contributed by atoms with Gasteiger partial charge in [-0.05, 0) is 25.6 Å². The Morgan fingerprint density at radius 3 is 2.77 bits per heavy atom. The average molecular weight is 316 g/mol. The summed E-state index contributed by atoms with van der Waals surface area (Å²) in [6, 6.07) is 10.3. The van der Waals surface area contributed by atoms with Crippen molar-refractivity contribution in [1.29, 1.82) is 0 Å². The summed E-state index contributed by atoms with van der Waals surface area (Å²) in [4.78, 5) is 8.08. The van der Waals surface area contributed by atoms with Crippen LogP contribution in [0.5, 0.6) is 5.88 Å². The molecule has 0 bridgehead atoms. The molecule has 3 aromatic rings. The number of benzene rings is 1. The zero-order valence-corrected chi connectivity index (χ0v) is 13.6. The molecular weight excluding hydrogens is 296 g/mol. The highest BCUT2D eigenvalue weighted by atomic mass is 32.1. The van der Waals surface area contributed by atoms with Crippen LogP contribution < -0.4 is 0 Å². The van der Waals surface area contributed by atoms with Gasteiger partial charge in [0.05, 0.1) is 10.9 Å². The van der Waals surface area contributed by atoms with Crippen LogP contribution >= 0.6 is 11.3 Å². The molecule has 116 valence electrons. The Morgan fingerprint density at radius 1 is 1.32 bits per heavy atom. The first-order chi connectivity index (χ1) is 10.7. The minimum atomic E-state index is 0.0150. The second kappa shape index (κ2) is 6.46. The molecule has 0 aliphatic heterocycles. The highest BCUT2D eigenvalue weighted by molar-refractivity contribution is 7.17. The molecule has 0 saturated heterocycles. The van der Waals surface area contributed by atoms with Gasteiger partial charge in [0, 0.05) is 0 Å². The van der Waals surface area contributed by atoms with Gasteiger partial charge in [-0.1, -0.05) is 55.0 Å². The van der Waals surface area contributed by atoms with E-state index in [1.807, 2.05) is 18.2 Å². The van der Waals surface area contributed by atoms with Crippen molar-refractivity contribution >= 4 is 16.3 Å². The van der Waals surface area contributed by atoms with Crippen molar-refractivity contribution in [2.45, 2.75) is 25.8 Å². The van der Waals surface area contributed by atoms with Gasteiger partial charge in [0.15, 0.2) is 0 Å². The monoisotopic (exact) mass is 316 g/mol. The van der Waals surface area contributed by atoms with Gasteiger partial charge in [0.1, 0.15) is 6.33 Å². The van der Waals surface area contributed by atoms with E-state index in [1.54, 1.807) is 0 Å². The average Bonchev–Trinajstić information content (AvgIpc) is 3.11. The molecule has 0 aliphatic carbocycles. The highest BCUT2D eigenvalue weighted by Gasteiger charge is 2.26. The van der Waals surface area contributed by atoms with Crippen LogP contribution in [0.2, 0.25) is 0 Å². The van der Waals surface area contributed by atoms with Gasteiger partial charge in [-0.2, -0.15) is 9.61 Å². The van der Waals surface area contributed by atoms with Crippen LogP contribution in [0.3, 0.4) is 0 Å². The zero-order chi connectivity index (χ0) is 15.5. The van der Waals surface area contributed by atoms with E-state index >= 15 is 0 Å². The Balaban J connectivity index is 2.04. The molecule has 1 atom stereocenters. The van der Waals surface area contributed by atoms with Gasteiger partial charge in [-0.15, -0.1) is 0 Å². The number of unbranched alkanes of at least 4 members (excludes halogenated alkanes) is 1. The molecule has 0 aliphatic rings. The summed E-state index contributed by atoms with van der Waals surface area (Å²) in [5.41, 5.74) is 1.17. The van der Waals surface area contributed by atoms with E-state index in [0.29, 0.717) is 0 Å². The molecule has 0 spiro atoms. The Bertz CT molecular complexity index is 737. The van der Waals surface area contributed by atoms with E-state index < -0.39 is 0 Å². The Kier molecular flexibility index (Phi) is 4.40. The topological polar surface area (TPSA) is 53.7 Å². The van der Waals surface area contributed by atoms with Gasteiger partial charge in [0.25, 0.3) is 0 Å². The van der Waals surface area contributed by atoms with Crippen molar-refractivity contribution in [3.8, 4) is 5.88 Å². The van der Waals surface area contributed by atoms with Gasteiger partial charge >= 0.3 is 0 Å². The van der Waals surface area contributed by atoms with Crippen LogP contribution in [-0.4, -0.2) is 38.2 Å². The number of hydrogen-bond acceptors (Lipinski definition) is 5. The number of hydrogen-bond donors (Lipinski definition) is 1. The molecule has 1 unspecified atom stereocenters. The van der Waals surface area contributed by atoms with Crippen LogP contribution in [0.1, 0.15) is 36.2 Å². The third kappa shape index (κ3) is 2.71. The van der Waals surface area contributed by atoms with Crippen molar-refractivity contribution < 1.29 is 5.11 Å². The highest BCUT2D eigenvalue weighted by Crippen LogP contribution is 2.38. The van der Waals surface area contributed by atoms with Crippen LogP contribution in [0.15, 0.2) is 36.7 Å². The normalized spacial score (nSPS) is 13.0. The molecular formula is C16H20N4OS. The fourth-order valence-corrected chi connectivity index (χ4v) is 3.77. The first-order valence-electron chi connectivity index (χ1n) is 7.49. The molecule has 0 saturated carbocycles. The lowest BCUT2D eigenvalue weighted by Gasteiger charge is -2.27. The predicted octanol–water partition coefficient (Wildman–Crippen LogP) is 3.32. The van der Waals surface area contributed by atoms with E-state index in [1.165, 1.54) is 27.7 Å². The molecule has 22 heavy (non-hydrogen) atoms. The summed E-state index contributed by atoms with van der Waals surface area (Å²) in [5.74, 6) is 0.190. The molecule has 2 heterocycles. The molecule has 3 rings (SSSR count). The maximum absolute atomic E-state index is 10.5. The summed E-state index contributed by atoms with van der Waals surface area (Å²) in [6.07, 6.45) is 3.74. The van der Waals surface area contributed by atoms with E-state index in [9.17, 15) is 5.11 Å². The molecule has 1 N–H and O–H groups in total. The lowest BCUT2D eigenvalue weighted by atomic mass is 10.0. The summed E-state index contributed by atoms with van der Waals surface area (Å²) in [6.45, 7) is 3.16. The smallest absolute Gasteiger partial charge is 0.230 e. The van der Waals surface area contributed by atoms with E-state index in [4.69, 9.17) is 0 Å². The van der Waals surface area contributed by atoms with Crippen molar-refractivity contribution in [2.75, 3.05) is 13.6 Å². The quantitative estimate of drug-likeness (QED) is 0.758. The van der Waals surface area contributed by atoms with E-state index in [-0.39, 0.29) is 11.9 Å². The Labute approximate surface area is 133 Å². The zero-order valence-electron chi connectivity index (χ0n) is 12.8. The first kappa shape index (κ1) is 15.0. The lowest BCUT2D eigenvalue weighted by molar-refractivity contribution is 0.271. The second-order valence-electron chi connectivity index (χ2n) is 5.39. The van der Waals surface area contributed by atoms with Crippen molar-refractivity contribution in [1.82, 2.24) is 19.5 Å². The summed E-state index contributed by atoms with van der Waals surface area (Å²) >= 11 is 1.49. The molecule has 5 nitrogen and oxygen atoms in total. The third-order valence-electron chi connectivity index (χ3n) is 3.81. The van der Waals surface area contributed by atoms with Gasteiger partial charge in [-0.3, -0.25) is 4.90 Å². The SMILES string of the molecule is CCCCN(C)C(c1ccccc1)c1sc2ncnn2c1O.